The molecule has 0 saturated carbocycles. The van der Waals surface area contributed by atoms with Crippen LogP contribution in [0.15, 0.2) is 83.6 Å². The predicted molar refractivity (Wildman–Crippen MR) is 284 cm³/mol. The highest BCUT2D eigenvalue weighted by molar-refractivity contribution is 7.18. The second-order valence-corrected chi connectivity index (χ2v) is 46.3. The van der Waals surface area contributed by atoms with Crippen molar-refractivity contribution in [2.45, 2.75) is 128 Å². The highest BCUT2D eigenvalue weighted by atomic mass is 32.1. The van der Waals surface area contributed by atoms with Crippen LogP contribution in [0.1, 0.15) is 44.5 Å². The maximum Gasteiger partial charge on any atom is 0.0445 e. The Hall–Kier alpha value is -3.47. The Labute approximate surface area is 374 Å². The Morgan fingerprint density at radius 2 is 0.667 bits per heavy atom. The van der Waals surface area contributed by atoms with Crippen LogP contribution in [0, 0.1) is 23.7 Å². The van der Waals surface area contributed by atoms with E-state index in [1.165, 1.54) is 99.3 Å². The summed E-state index contributed by atoms with van der Waals surface area (Å²) in [6.45, 7) is 30.5. The molecule has 0 nitrogen and oxygen atoms in total. The lowest BCUT2D eigenvalue weighted by Crippen LogP contribution is -2.21. The summed E-state index contributed by atoms with van der Waals surface area (Å²) in [6.07, 6.45) is 4.28. The van der Waals surface area contributed by atoms with Gasteiger partial charge in [-0.2, -0.15) is 0 Å². The largest absolute Gasteiger partial charge is 0.143 e. The van der Waals surface area contributed by atoms with Crippen molar-refractivity contribution in [3.8, 4) is 23.7 Å². The van der Waals surface area contributed by atoms with Gasteiger partial charge >= 0.3 is 0 Å². The minimum atomic E-state index is -1.42. The molecule has 0 saturated heterocycles. The second-order valence-electron chi connectivity index (χ2n) is 22.0. The summed E-state index contributed by atoms with van der Waals surface area (Å²) in [5, 5.41) is 13.3. The molecule has 5 aromatic carbocycles. The molecule has 0 bridgehead atoms. The maximum atomic E-state index is 4.09. The molecule has 310 valence electrons. The number of aryl methyl sites for hydroxylation is 4. The van der Waals surface area contributed by atoms with E-state index in [1.807, 2.05) is 22.7 Å². The average Bonchev–Trinajstić information content (AvgIpc) is 3.86. The fourth-order valence-corrected chi connectivity index (χ4v) is 14.6. The Morgan fingerprint density at radius 1 is 0.367 bits per heavy atom. The monoisotopic (exact) mass is 890 g/mol. The maximum absolute atomic E-state index is 4.09. The normalized spacial score (nSPS) is 12.6. The lowest BCUT2D eigenvalue weighted by Gasteiger charge is -2.26. The number of rotatable bonds is 12. The molecule has 0 aliphatic heterocycles. The van der Waals surface area contributed by atoms with Crippen molar-refractivity contribution >= 4 is 96.7 Å². The van der Waals surface area contributed by atoms with Gasteiger partial charge in [0.25, 0.3) is 0 Å². The first-order valence-corrected chi connectivity index (χ1v) is 38.9. The van der Waals surface area contributed by atoms with Crippen LogP contribution in [0.3, 0.4) is 0 Å². The molecule has 0 amide bonds. The van der Waals surface area contributed by atoms with E-state index < -0.39 is 32.3 Å². The van der Waals surface area contributed by atoms with Gasteiger partial charge in [-0.3, -0.25) is 0 Å². The van der Waals surface area contributed by atoms with Crippen LogP contribution in [0.25, 0.3) is 41.7 Å². The number of thiophene rings is 2. The van der Waals surface area contributed by atoms with E-state index in [2.05, 4.69) is 186 Å². The van der Waals surface area contributed by atoms with E-state index >= 15 is 0 Å². The molecule has 0 N–H and O–H groups in total. The summed E-state index contributed by atoms with van der Waals surface area (Å²) in [6, 6.07) is 31.4. The molecule has 0 fully saturated rings. The Morgan fingerprint density at radius 3 is 0.983 bits per heavy atom. The molecule has 2 heterocycles. The molecule has 7 rings (SSSR count). The SMILES string of the molecule is C[Si](C)(C)CCc1c2ccsc2c(CC[Si](C)(C)C)c2c(C#Cc3ccccc3)c3c(CC[Si](C)(C)C)c4sccc4c(CC[Si](C)(C)C)c3c(C#Cc3ccccc3)c12. The van der Waals surface area contributed by atoms with Gasteiger partial charge in [-0.15, -0.1) is 22.7 Å². The Kier molecular flexibility index (Phi) is 13.2. The number of hydrogen-bond donors (Lipinski definition) is 0. The first-order chi connectivity index (χ1) is 28.3. The van der Waals surface area contributed by atoms with Gasteiger partial charge in [0.2, 0.25) is 0 Å². The summed E-state index contributed by atoms with van der Waals surface area (Å²) in [4.78, 5) is 0. The molecule has 6 heteroatoms. The third-order valence-corrected chi connectivity index (χ3v) is 20.9. The van der Waals surface area contributed by atoms with Crippen LogP contribution in [0.5, 0.6) is 0 Å². The quantitative estimate of drug-likeness (QED) is 0.0651. The molecule has 0 radical (unpaired) electrons. The van der Waals surface area contributed by atoms with E-state index in [4.69, 9.17) is 0 Å². The van der Waals surface area contributed by atoms with Crippen molar-refractivity contribution < 1.29 is 0 Å². The van der Waals surface area contributed by atoms with Crippen LogP contribution in [-0.2, 0) is 25.7 Å². The van der Waals surface area contributed by atoms with E-state index in [1.54, 1.807) is 0 Å². The predicted octanol–water partition coefficient (Wildman–Crippen LogP) is 16.7. The summed E-state index contributed by atoms with van der Waals surface area (Å²) < 4.78 is 2.96. The van der Waals surface area contributed by atoms with Gasteiger partial charge in [-0.05, 0) is 106 Å². The highest BCUT2D eigenvalue weighted by Gasteiger charge is 2.30. The van der Waals surface area contributed by atoms with E-state index in [9.17, 15) is 0 Å². The zero-order valence-electron chi connectivity index (χ0n) is 38.6. The topological polar surface area (TPSA) is 0 Å². The summed E-state index contributed by atoms with van der Waals surface area (Å²) in [5.41, 5.74) is 10.7. The molecular weight excluding hydrogens is 825 g/mol. The number of hydrogen-bond acceptors (Lipinski definition) is 2. The van der Waals surface area contributed by atoms with Crippen molar-refractivity contribution in [1.82, 2.24) is 0 Å². The smallest absolute Gasteiger partial charge is 0.0445 e. The minimum absolute atomic E-state index is 1.07. The molecule has 0 spiro atoms. The van der Waals surface area contributed by atoms with Crippen LogP contribution < -0.4 is 0 Å². The first-order valence-electron chi connectivity index (χ1n) is 22.3. The summed E-state index contributed by atoms with van der Waals surface area (Å²) in [5.74, 6) is 15.8. The van der Waals surface area contributed by atoms with Gasteiger partial charge < -0.3 is 0 Å². The summed E-state index contributed by atoms with van der Waals surface area (Å²) in [7, 11) is -5.67. The number of benzene rings is 5. The standard InChI is InChI=1S/C54H66S2Si4/c1-57(2,3)35-29-41-43-27-33-55-53(43)47(31-37-59(7,8)9)51-46(26-24-40-21-17-14-18-22-40)52-48(32-38-60(10,11)12)54-44(28-34-56-54)42(30-36-58(4,5)6)50(52)45(49(41)51)25-23-39-19-15-13-16-20-39/h13-22,27-28,33-34H,29-32,35-38H2,1-12H3. The van der Waals surface area contributed by atoms with Gasteiger partial charge in [-0.25, -0.2) is 0 Å². The van der Waals surface area contributed by atoms with Gasteiger partial charge in [0.15, 0.2) is 0 Å². The molecule has 7 aromatic rings. The molecule has 0 unspecified atom stereocenters. The van der Waals surface area contributed by atoms with E-state index in [0.29, 0.717) is 0 Å². The second kappa shape index (κ2) is 17.7. The van der Waals surface area contributed by atoms with Crippen molar-refractivity contribution in [2.75, 3.05) is 0 Å². The van der Waals surface area contributed by atoms with Crippen molar-refractivity contribution in [3.63, 3.8) is 0 Å². The molecular formula is C54H66S2Si4. The summed E-state index contributed by atoms with van der Waals surface area (Å²) >= 11 is 3.92. The zero-order valence-corrected chi connectivity index (χ0v) is 44.2. The van der Waals surface area contributed by atoms with Gasteiger partial charge in [0.05, 0.1) is 0 Å². The molecule has 0 aliphatic carbocycles. The van der Waals surface area contributed by atoms with Crippen LogP contribution in [-0.4, -0.2) is 32.3 Å². The highest BCUT2D eigenvalue weighted by Crippen LogP contribution is 2.49. The van der Waals surface area contributed by atoms with Crippen molar-refractivity contribution in [3.05, 3.63) is 128 Å². The van der Waals surface area contributed by atoms with Gasteiger partial charge in [0, 0.05) is 85.5 Å². The van der Waals surface area contributed by atoms with Gasteiger partial charge in [-0.1, -0.05) is 163 Å². The Balaban J connectivity index is 1.82. The fourth-order valence-electron chi connectivity index (χ4n) is 8.57. The molecule has 2 aromatic heterocycles. The third-order valence-electron chi connectivity index (χ3n) is 11.9. The lowest BCUT2D eigenvalue weighted by molar-refractivity contribution is 1.10. The third kappa shape index (κ3) is 10.4. The van der Waals surface area contributed by atoms with Crippen molar-refractivity contribution in [2.24, 2.45) is 0 Å². The number of fused-ring (bicyclic) bond motifs is 4. The van der Waals surface area contributed by atoms with Gasteiger partial charge in [0.1, 0.15) is 0 Å². The Bertz CT molecular complexity index is 2470. The van der Waals surface area contributed by atoms with Crippen molar-refractivity contribution in [1.29, 1.82) is 0 Å². The van der Waals surface area contributed by atoms with Crippen LogP contribution in [0.4, 0.5) is 0 Å². The molecule has 0 atom stereocenters. The fraction of sp³-hybridized carbons (Fsp3) is 0.370. The first kappa shape index (κ1) is 44.6. The molecule has 60 heavy (non-hydrogen) atoms. The van der Waals surface area contributed by atoms with E-state index in [-0.39, 0.29) is 0 Å². The lowest BCUT2D eigenvalue weighted by atomic mass is 9.80. The molecule has 0 aliphatic rings. The zero-order chi connectivity index (χ0) is 43.0. The van der Waals surface area contributed by atoms with E-state index in [0.717, 1.165) is 36.8 Å². The van der Waals surface area contributed by atoms with Crippen LogP contribution >= 0.6 is 22.7 Å². The van der Waals surface area contributed by atoms with Crippen LogP contribution in [0.2, 0.25) is 103 Å². The minimum Gasteiger partial charge on any atom is -0.143 e. The average molecular weight is 892 g/mol.